The average Bonchev–Trinajstić information content (AvgIpc) is 2.30. The van der Waals surface area contributed by atoms with E-state index < -0.39 is 0 Å². The second kappa shape index (κ2) is 4.72. The zero-order valence-corrected chi connectivity index (χ0v) is 12.9. The summed E-state index contributed by atoms with van der Waals surface area (Å²) in [5, 5.41) is 0. The fourth-order valence-electron chi connectivity index (χ4n) is 2.07. The first kappa shape index (κ1) is 11.4. The van der Waals surface area contributed by atoms with E-state index in [9.17, 15) is 0 Å². The Bertz CT molecular complexity index is 234. The first-order valence-electron chi connectivity index (χ1n) is 5.28. The summed E-state index contributed by atoms with van der Waals surface area (Å²) < 4.78 is 2.50. The number of allylic oxidation sites excluding steroid dienone is 4. The van der Waals surface area contributed by atoms with Crippen LogP contribution in [0.25, 0.3) is 0 Å². The van der Waals surface area contributed by atoms with Gasteiger partial charge in [-0.15, -0.1) is 0 Å². The molecule has 71 valence electrons. The van der Waals surface area contributed by atoms with Gasteiger partial charge in [-0.25, -0.2) is 0 Å². The van der Waals surface area contributed by atoms with E-state index in [-0.39, 0.29) is 22.9 Å². The van der Waals surface area contributed by atoms with Crippen LogP contribution in [0.1, 0.15) is 41.0 Å². The molecule has 1 aliphatic carbocycles. The SMILES string of the molecule is CC[CH2][In][CH]1C(C)=C(C)C(C)=C1C. The maximum absolute atomic E-state index is 2.35. The van der Waals surface area contributed by atoms with Crippen LogP contribution < -0.4 is 0 Å². The number of hydrogen-bond acceptors (Lipinski definition) is 0. The predicted octanol–water partition coefficient (Wildman–Crippen LogP) is 3.99. The molecule has 0 heterocycles. The van der Waals surface area contributed by atoms with Gasteiger partial charge in [0.25, 0.3) is 0 Å². The Hall–Kier alpha value is 0.350. The van der Waals surface area contributed by atoms with Crippen molar-refractivity contribution in [1.29, 1.82) is 0 Å². The molecule has 0 aromatic heterocycles. The Balaban J connectivity index is 2.77. The van der Waals surface area contributed by atoms with Crippen LogP contribution in [0.4, 0.5) is 0 Å². The molecule has 1 radical (unpaired) electrons. The summed E-state index contributed by atoms with van der Waals surface area (Å²) in [7, 11) is 0. The molecule has 0 N–H and O–H groups in total. The molecule has 0 fully saturated rings. The van der Waals surface area contributed by atoms with Crippen molar-refractivity contribution in [3.05, 3.63) is 22.3 Å². The summed E-state index contributed by atoms with van der Waals surface area (Å²) in [5.41, 5.74) is 6.57. The zero-order valence-electron chi connectivity index (χ0n) is 9.57. The van der Waals surface area contributed by atoms with Crippen LogP contribution >= 0.6 is 0 Å². The zero-order chi connectivity index (χ0) is 10.0. The third kappa shape index (κ3) is 2.23. The molecular formula is C12H20In. The van der Waals surface area contributed by atoms with Crippen molar-refractivity contribution < 1.29 is 0 Å². The van der Waals surface area contributed by atoms with Crippen LogP contribution in [0.2, 0.25) is 7.85 Å². The van der Waals surface area contributed by atoms with Gasteiger partial charge in [0.15, 0.2) is 0 Å². The van der Waals surface area contributed by atoms with E-state index in [1.807, 2.05) is 0 Å². The molecule has 0 aliphatic heterocycles. The van der Waals surface area contributed by atoms with Gasteiger partial charge in [0.2, 0.25) is 0 Å². The Kier molecular flexibility index (Phi) is 4.15. The van der Waals surface area contributed by atoms with Gasteiger partial charge in [0, 0.05) is 0 Å². The molecule has 0 bridgehead atoms. The Labute approximate surface area is 93.9 Å². The van der Waals surface area contributed by atoms with Gasteiger partial charge < -0.3 is 0 Å². The Morgan fingerprint density at radius 1 is 1.00 bits per heavy atom. The van der Waals surface area contributed by atoms with E-state index in [1.165, 1.54) is 6.42 Å². The van der Waals surface area contributed by atoms with Gasteiger partial charge in [-0.2, -0.15) is 0 Å². The topological polar surface area (TPSA) is 0 Å². The second-order valence-corrected chi connectivity index (χ2v) is 9.01. The first-order chi connectivity index (χ1) is 6.09. The molecule has 0 aromatic carbocycles. The molecule has 1 aliphatic rings. The third-order valence-electron chi connectivity index (χ3n) is 3.37. The van der Waals surface area contributed by atoms with Crippen LogP contribution in [0.15, 0.2) is 22.3 Å². The van der Waals surface area contributed by atoms with Gasteiger partial charge in [0.1, 0.15) is 0 Å². The quantitative estimate of drug-likeness (QED) is 0.732. The molecule has 1 rings (SSSR count). The van der Waals surface area contributed by atoms with Crippen molar-refractivity contribution in [2.24, 2.45) is 0 Å². The molecule has 0 nitrogen and oxygen atoms in total. The molecule has 0 aromatic rings. The standard InChI is InChI=1S/C9H13.C3H7.In/c1-6-5-7(2)9(4)8(6)3;1-3-2;/h5H,1-4H3;1,3H2,2H3;. The van der Waals surface area contributed by atoms with E-state index in [2.05, 4.69) is 34.6 Å². The van der Waals surface area contributed by atoms with Gasteiger partial charge >= 0.3 is 94.1 Å². The van der Waals surface area contributed by atoms with Gasteiger partial charge in [-0.1, -0.05) is 0 Å². The van der Waals surface area contributed by atoms with Gasteiger partial charge in [-0.05, 0) is 0 Å². The molecule has 0 unspecified atom stereocenters. The van der Waals surface area contributed by atoms with Crippen molar-refractivity contribution >= 4 is 22.9 Å². The normalized spacial score (nSPS) is 18.8. The summed E-state index contributed by atoms with van der Waals surface area (Å²) in [6.07, 6.45) is 1.40. The molecule has 1 heteroatoms. The van der Waals surface area contributed by atoms with Crippen molar-refractivity contribution in [1.82, 2.24) is 0 Å². The van der Waals surface area contributed by atoms with Crippen molar-refractivity contribution in [3.63, 3.8) is 0 Å². The van der Waals surface area contributed by atoms with Crippen molar-refractivity contribution in [2.75, 3.05) is 0 Å². The van der Waals surface area contributed by atoms with E-state index in [0.29, 0.717) is 0 Å². The molecule has 0 atom stereocenters. The van der Waals surface area contributed by atoms with Crippen LogP contribution in [-0.4, -0.2) is 22.9 Å². The Morgan fingerprint density at radius 3 is 1.85 bits per heavy atom. The summed E-state index contributed by atoms with van der Waals surface area (Å²) >= 11 is -0.342. The average molecular weight is 279 g/mol. The van der Waals surface area contributed by atoms with Crippen LogP contribution in [-0.2, 0) is 0 Å². The molecule has 0 saturated carbocycles. The van der Waals surface area contributed by atoms with Crippen LogP contribution in [0.3, 0.4) is 0 Å². The van der Waals surface area contributed by atoms with E-state index in [0.717, 1.165) is 3.67 Å². The number of hydrogen-bond donors (Lipinski definition) is 0. The number of rotatable bonds is 3. The Morgan fingerprint density at radius 2 is 1.46 bits per heavy atom. The van der Waals surface area contributed by atoms with E-state index in [4.69, 9.17) is 0 Å². The third-order valence-corrected chi connectivity index (χ3v) is 10.2. The fraction of sp³-hybridized carbons (Fsp3) is 0.667. The van der Waals surface area contributed by atoms with Gasteiger partial charge in [0.05, 0.1) is 0 Å². The van der Waals surface area contributed by atoms with Crippen molar-refractivity contribution in [3.8, 4) is 0 Å². The van der Waals surface area contributed by atoms with E-state index in [1.54, 1.807) is 26.5 Å². The fourth-order valence-corrected chi connectivity index (χ4v) is 7.42. The van der Waals surface area contributed by atoms with E-state index >= 15 is 0 Å². The predicted molar refractivity (Wildman–Crippen MR) is 61.4 cm³/mol. The van der Waals surface area contributed by atoms with Gasteiger partial charge in [-0.3, -0.25) is 0 Å². The van der Waals surface area contributed by atoms with Crippen LogP contribution in [0, 0.1) is 0 Å². The first-order valence-corrected chi connectivity index (χ1v) is 9.51. The molecule has 0 saturated heterocycles. The molecule has 0 amide bonds. The summed E-state index contributed by atoms with van der Waals surface area (Å²) in [5.74, 6) is 0. The summed E-state index contributed by atoms with van der Waals surface area (Å²) in [6.45, 7) is 11.6. The maximum atomic E-state index is 2.35. The minimum atomic E-state index is -0.342. The monoisotopic (exact) mass is 279 g/mol. The molecule has 13 heavy (non-hydrogen) atoms. The minimum absolute atomic E-state index is 0.342. The molecule has 0 spiro atoms. The van der Waals surface area contributed by atoms with Crippen LogP contribution in [0.5, 0.6) is 0 Å². The summed E-state index contributed by atoms with van der Waals surface area (Å²) in [6, 6.07) is 0. The second-order valence-electron chi connectivity index (χ2n) is 4.12. The summed E-state index contributed by atoms with van der Waals surface area (Å²) in [4.78, 5) is 0. The molecular weight excluding hydrogens is 259 g/mol. The van der Waals surface area contributed by atoms with Crippen molar-refractivity contribution in [2.45, 2.75) is 48.9 Å².